The Morgan fingerprint density at radius 2 is 2.00 bits per heavy atom. The van der Waals surface area contributed by atoms with Gasteiger partial charge in [-0.3, -0.25) is 0 Å². The lowest BCUT2D eigenvalue weighted by molar-refractivity contribution is -0.136. The van der Waals surface area contributed by atoms with Crippen molar-refractivity contribution in [3.63, 3.8) is 0 Å². The fourth-order valence-corrected chi connectivity index (χ4v) is 4.03. The molecule has 0 aliphatic heterocycles. The lowest BCUT2D eigenvalue weighted by atomic mass is 9.98. The molecule has 1 aromatic carbocycles. The second kappa shape index (κ2) is 7.87. The number of rotatable bonds is 7. The summed E-state index contributed by atoms with van der Waals surface area (Å²) in [5.74, 6) is 0.231. The van der Waals surface area contributed by atoms with Crippen LogP contribution in [0, 0.1) is 6.92 Å². The maximum Gasteiger partial charge on any atom is 0.418 e. The molecule has 1 aliphatic carbocycles. The van der Waals surface area contributed by atoms with Crippen molar-refractivity contribution >= 4 is 27.4 Å². The minimum absolute atomic E-state index is 0.0262. The van der Waals surface area contributed by atoms with Crippen molar-refractivity contribution in [3.05, 3.63) is 34.9 Å². The summed E-state index contributed by atoms with van der Waals surface area (Å²) in [6.45, 7) is 3.12. The Morgan fingerprint density at radius 1 is 1.21 bits per heavy atom. The van der Waals surface area contributed by atoms with Gasteiger partial charge in [-0.1, -0.05) is 11.3 Å². The van der Waals surface area contributed by atoms with Crippen molar-refractivity contribution in [3.8, 4) is 10.7 Å². The fourth-order valence-electron chi connectivity index (χ4n) is 3.30. The number of alkyl halides is 3. The summed E-state index contributed by atoms with van der Waals surface area (Å²) in [7, 11) is 1.64. The maximum atomic E-state index is 13.8. The molecule has 0 amide bonds. The molecule has 1 saturated carbocycles. The van der Waals surface area contributed by atoms with E-state index in [1.165, 1.54) is 17.4 Å². The highest BCUT2D eigenvalue weighted by atomic mass is 32.1. The molecule has 0 spiro atoms. The van der Waals surface area contributed by atoms with E-state index in [0.29, 0.717) is 34.4 Å². The second-order valence-corrected chi connectivity index (χ2v) is 8.22. The zero-order valence-electron chi connectivity index (χ0n) is 16.1. The third-order valence-electron chi connectivity index (χ3n) is 4.94. The molecule has 154 valence electrons. The number of benzene rings is 1. The number of aromatic nitrogens is 3. The van der Waals surface area contributed by atoms with Crippen LogP contribution in [0.15, 0.2) is 18.2 Å². The molecule has 5 nitrogen and oxygen atoms in total. The Kier molecular flexibility index (Phi) is 5.44. The Hall–Kier alpha value is -2.26. The summed E-state index contributed by atoms with van der Waals surface area (Å²) in [5, 5.41) is 13.0. The van der Waals surface area contributed by atoms with Gasteiger partial charge in [0.2, 0.25) is 5.13 Å². The van der Waals surface area contributed by atoms with Crippen LogP contribution in [0.4, 0.5) is 18.3 Å². The molecule has 4 rings (SSSR count). The molecule has 2 aromatic heterocycles. The van der Waals surface area contributed by atoms with E-state index in [0.717, 1.165) is 30.4 Å². The summed E-state index contributed by atoms with van der Waals surface area (Å²) in [4.78, 5) is 4.36. The molecule has 0 radical (unpaired) electrons. The van der Waals surface area contributed by atoms with Crippen LogP contribution in [0.25, 0.3) is 21.6 Å². The fraction of sp³-hybridized carbons (Fsp3) is 0.450. The minimum atomic E-state index is -4.46. The summed E-state index contributed by atoms with van der Waals surface area (Å²) >= 11 is 1.27. The largest absolute Gasteiger partial charge is 0.418 e. The molecule has 9 heteroatoms. The van der Waals surface area contributed by atoms with E-state index in [1.807, 2.05) is 13.0 Å². The van der Waals surface area contributed by atoms with Crippen molar-refractivity contribution < 1.29 is 17.9 Å². The number of fused-ring (bicyclic) bond motifs is 1. The standard InChI is InChI=1S/C20H21F3N4OS/c1-11-8-16(18-26-27-19(29-18)24-6-3-7-28-2)25-17-14(11)9-13(12-4-5-12)10-15(17)20(21,22)23/h8-10,12H,3-7H2,1-2H3,(H,24,27). The third-order valence-corrected chi connectivity index (χ3v) is 5.85. The first-order valence-electron chi connectivity index (χ1n) is 9.46. The molecule has 1 N–H and O–H groups in total. The van der Waals surface area contributed by atoms with E-state index in [2.05, 4.69) is 20.5 Å². The van der Waals surface area contributed by atoms with Gasteiger partial charge in [0.05, 0.1) is 11.1 Å². The van der Waals surface area contributed by atoms with Crippen LogP contribution < -0.4 is 5.32 Å². The quantitative estimate of drug-likeness (QED) is 0.516. The smallest absolute Gasteiger partial charge is 0.385 e. The van der Waals surface area contributed by atoms with Crippen LogP contribution >= 0.6 is 11.3 Å². The third kappa shape index (κ3) is 4.35. The zero-order valence-corrected chi connectivity index (χ0v) is 17.0. The molecule has 0 bridgehead atoms. The number of hydrogen-bond acceptors (Lipinski definition) is 6. The van der Waals surface area contributed by atoms with Crippen LogP contribution in [0.5, 0.6) is 0 Å². The minimum Gasteiger partial charge on any atom is -0.385 e. The van der Waals surface area contributed by atoms with E-state index in [-0.39, 0.29) is 11.4 Å². The molecule has 1 fully saturated rings. The number of aryl methyl sites for hydroxylation is 1. The van der Waals surface area contributed by atoms with Gasteiger partial charge < -0.3 is 10.1 Å². The van der Waals surface area contributed by atoms with Gasteiger partial charge in [-0.2, -0.15) is 13.2 Å². The Morgan fingerprint density at radius 3 is 2.69 bits per heavy atom. The van der Waals surface area contributed by atoms with Crippen molar-refractivity contribution in [2.24, 2.45) is 0 Å². The van der Waals surface area contributed by atoms with Gasteiger partial charge in [0.15, 0.2) is 5.01 Å². The second-order valence-electron chi connectivity index (χ2n) is 7.25. The van der Waals surface area contributed by atoms with Gasteiger partial charge in [-0.05, 0) is 61.4 Å². The van der Waals surface area contributed by atoms with Gasteiger partial charge in [0, 0.05) is 25.6 Å². The van der Waals surface area contributed by atoms with Crippen LogP contribution in [0.3, 0.4) is 0 Å². The number of pyridine rings is 1. The molecule has 0 unspecified atom stereocenters. The van der Waals surface area contributed by atoms with Crippen LogP contribution in [0.2, 0.25) is 0 Å². The summed E-state index contributed by atoms with van der Waals surface area (Å²) in [6, 6.07) is 4.91. The predicted molar refractivity (Wildman–Crippen MR) is 107 cm³/mol. The van der Waals surface area contributed by atoms with Crippen molar-refractivity contribution in [1.29, 1.82) is 0 Å². The van der Waals surface area contributed by atoms with Gasteiger partial charge >= 0.3 is 6.18 Å². The van der Waals surface area contributed by atoms with Crippen LogP contribution in [-0.4, -0.2) is 35.4 Å². The average Bonchev–Trinajstić information content (AvgIpc) is 3.42. The van der Waals surface area contributed by atoms with E-state index < -0.39 is 11.7 Å². The Balaban J connectivity index is 1.71. The normalized spacial score (nSPS) is 14.5. The number of nitrogens with zero attached hydrogens (tertiary/aromatic N) is 3. The topological polar surface area (TPSA) is 59.9 Å². The zero-order chi connectivity index (χ0) is 20.6. The molecule has 0 atom stereocenters. The molecule has 1 aliphatic rings. The van der Waals surface area contributed by atoms with Crippen molar-refractivity contribution in [2.45, 2.75) is 38.3 Å². The number of methoxy groups -OCH3 is 1. The van der Waals surface area contributed by atoms with Gasteiger partial charge in [-0.15, -0.1) is 10.2 Å². The Bertz CT molecular complexity index is 1030. The number of ether oxygens (including phenoxy) is 1. The van der Waals surface area contributed by atoms with Gasteiger partial charge in [-0.25, -0.2) is 4.98 Å². The molecule has 2 heterocycles. The first kappa shape index (κ1) is 20.0. The summed E-state index contributed by atoms with van der Waals surface area (Å²) in [6.07, 6.45) is -1.76. The number of anilines is 1. The first-order chi connectivity index (χ1) is 13.9. The van der Waals surface area contributed by atoms with E-state index in [4.69, 9.17) is 4.74 Å². The van der Waals surface area contributed by atoms with E-state index in [9.17, 15) is 13.2 Å². The lowest BCUT2D eigenvalue weighted by Crippen LogP contribution is -2.08. The maximum absolute atomic E-state index is 13.8. The highest BCUT2D eigenvalue weighted by Gasteiger charge is 2.36. The first-order valence-corrected chi connectivity index (χ1v) is 10.3. The Labute approximate surface area is 170 Å². The summed E-state index contributed by atoms with van der Waals surface area (Å²) < 4.78 is 46.3. The number of halogens is 3. The van der Waals surface area contributed by atoms with E-state index in [1.54, 1.807) is 13.2 Å². The molecular formula is C20H21F3N4OS. The SMILES string of the molecule is COCCCNc1nnc(-c2cc(C)c3cc(C4CC4)cc(C(F)(F)F)c3n2)s1. The molecule has 0 saturated heterocycles. The predicted octanol–water partition coefficient (Wildman–Crippen LogP) is 5.41. The summed E-state index contributed by atoms with van der Waals surface area (Å²) in [5.41, 5.74) is 1.21. The highest BCUT2D eigenvalue weighted by Crippen LogP contribution is 2.45. The lowest BCUT2D eigenvalue weighted by Gasteiger charge is -2.14. The number of nitrogens with one attached hydrogen (secondary N) is 1. The van der Waals surface area contributed by atoms with Crippen LogP contribution in [-0.2, 0) is 10.9 Å². The van der Waals surface area contributed by atoms with Crippen LogP contribution in [0.1, 0.15) is 41.9 Å². The van der Waals surface area contributed by atoms with Gasteiger partial charge in [0.1, 0.15) is 5.69 Å². The average molecular weight is 422 g/mol. The molecule has 3 aromatic rings. The highest BCUT2D eigenvalue weighted by molar-refractivity contribution is 7.18. The van der Waals surface area contributed by atoms with Crippen molar-refractivity contribution in [1.82, 2.24) is 15.2 Å². The van der Waals surface area contributed by atoms with E-state index >= 15 is 0 Å². The molecular weight excluding hydrogens is 401 g/mol. The monoisotopic (exact) mass is 422 g/mol. The van der Waals surface area contributed by atoms with Gasteiger partial charge in [0.25, 0.3) is 0 Å². The number of hydrogen-bond donors (Lipinski definition) is 1. The van der Waals surface area contributed by atoms with Crippen molar-refractivity contribution in [2.75, 3.05) is 25.6 Å². The molecule has 29 heavy (non-hydrogen) atoms.